The fraction of sp³-hybridized carbons (Fsp3) is 0.467. The van der Waals surface area contributed by atoms with Crippen molar-refractivity contribution in [1.82, 2.24) is 5.32 Å². The molecule has 114 valence electrons. The van der Waals surface area contributed by atoms with Crippen LogP contribution in [-0.2, 0) is 16.0 Å². The lowest BCUT2D eigenvalue weighted by Crippen LogP contribution is -2.45. The average Bonchev–Trinajstić information content (AvgIpc) is 2.49. The lowest BCUT2D eigenvalue weighted by atomic mass is 9.90. The first-order valence-corrected chi connectivity index (χ1v) is 7.03. The molecule has 3 rings (SSSR count). The molecule has 0 bridgehead atoms. The number of carbonyl (C=O) groups excluding carboxylic acids is 2. The molecule has 0 spiro atoms. The number of amides is 1. The largest absolute Gasteiger partial charge is 0.366 e. The van der Waals surface area contributed by atoms with Gasteiger partial charge in [0.2, 0.25) is 0 Å². The van der Waals surface area contributed by atoms with Crippen molar-refractivity contribution in [3.63, 3.8) is 0 Å². The van der Waals surface area contributed by atoms with Crippen LogP contribution in [0.25, 0.3) is 0 Å². The van der Waals surface area contributed by atoms with E-state index in [-0.39, 0.29) is 24.1 Å². The predicted molar refractivity (Wildman–Crippen MR) is 82.2 cm³/mol. The fourth-order valence-electron chi connectivity index (χ4n) is 2.66. The van der Waals surface area contributed by atoms with E-state index in [1.807, 2.05) is 12.1 Å². The number of benzene rings is 1. The Labute approximate surface area is 129 Å². The zero-order valence-electron chi connectivity index (χ0n) is 11.7. The molecule has 1 atom stereocenters. The maximum absolute atomic E-state index is 12.1. The van der Waals surface area contributed by atoms with Gasteiger partial charge in [-0.2, -0.15) is 0 Å². The SMILES string of the molecule is Cl.O=C1CCCc2ccc(NC(=O)C3CNCCO3)cc21. The molecule has 1 aliphatic carbocycles. The first-order valence-electron chi connectivity index (χ1n) is 7.03. The van der Waals surface area contributed by atoms with Crippen molar-refractivity contribution in [2.75, 3.05) is 25.0 Å². The smallest absolute Gasteiger partial charge is 0.254 e. The molecule has 2 aliphatic rings. The van der Waals surface area contributed by atoms with Crippen LogP contribution in [0.5, 0.6) is 0 Å². The summed E-state index contributed by atoms with van der Waals surface area (Å²) in [5, 5.41) is 5.94. The van der Waals surface area contributed by atoms with Crippen molar-refractivity contribution in [2.24, 2.45) is 0 Å². The van der Waals surface area contributed by atoms with Crippen LogP contribution in [0, 0.1) is 0 Å². The van der Waals surface area contributed by atoms with Crippen molar-refractivity contribution in [1.29, 1.82) is 0 Å². The Morgan fingerprint density at radius 3 is 2.95 bits per heavy atom. The predicted octanol–water partition coefficient (Wildman–Crippen LogP) is 1.55. The van der Waals surface area contributed by atoms with Gasteiger partial charge >= 0.3 is 0 Å². The van der Waals surface area contributed by atoms with E-state index in [9.17, 15) is 9.59 Å². The van der Waals surface area contributed by atoms with Crippen molar-refractivity contribution >= 4 is 29.8 Å². The van der Waals surface area contributed by atoms with Crippen molar-refractivity contribution in [3.05, 3.63) is 29.3 Å². The van der Waals surface area contributed by atoms with E-state index in [4.69, 9.17) is 4.74 Å². The molecule has 5 nitrogen and oxygen atoms in total. The lowest BCUT2D eigenvalue weighted by molar-refractivity contribution is -0.128. The summed E-state index contributed by atoms with van der Waals surface area (Å²) in [5.41, 5.74) is 2.49. The second-order valence-corrected chi connectivity index (χ2v) is 5.20. The Balaban J connectivity index is 0.00000161. The summed E-state index contributed by atoms with van der Waals surface area (Å²) in [4.78, 5) is 23.9. The van der Waals surface area contributed by atoms with E-state index in [1.165, 1.54) is 0 Å². The molecule has 1 aliphatic heterocycles. The number of morpholine rings is 1. The molecule has 1 saturated heterocycles. The van der Waals surface area contributed by atoms with E-state index < -0.39 is 6.10 Å². The number of ketones is 1. The first kappa shape index (κ1) is 15.9. The number of halogens is 1. The van der Waals surface area contributed by atoms with Crippen LogP contribution < -0.4 is 10.6 Å². The van der Waals surface area contributed by atoms with Gasteiger partial charge in [-0.05, 0) is 30.5 Å². The van der Waals surface area contributed by atoms with E-state index in [0.717, 1.165) is 30.5 Å². The molecular weight excluding hydrogens is 292 g/mol. The Bertz CT molecular complexity index is 542. The van der Waals surface area contributed by atoms with Crippen LogP contribution in [-0.4, -0.2) is 37.5 Å². The minimum Gasteiger partial charge on any atom is -0.366 e. The number of Topliss-reactive ketones (excluding diaryl/α,β-unsaturated/α-hetero) is 1. The third kappa shape index (κ3) is 3.61. The van der Waals surface area contributed by atoms with Gasteiger partial charge in [-0.1, -0.05) is 6.07 Å². The van der Waals surface area contributed by atoms with E-state index in [0.29, 0.717) is 25.3 Å². The number of hydrogen-bond donors (Lipinski definition) is 2. The van der Waals surface area contributed by atoms with Gasteiger partial charge in [0.1, 0.15) is 6.10 Å². The van der Waals surface area contributed by atoms with Crippen LogP contribution >= 0.6 is 12.4 Å². The molecule has 1 aromatic rings. The molecule has 1 aromatic carbocycles. The molecule has 21 heavy (non-hydrogen) atoms. The molecular formula is C15H19ClN2O3. The van der Waals surface area contributed by atoms with E-state index in [1.54, 1.807) is 6.07 Å². The Hall–Kier alpha value is -1.43. The number of carbonyl (C=O) groups is 2. The standard InChI is InChI=1S/C15H18N2O3.ClH/c18-13-3-1-2-10-4-5-11(8-12(10)13)17-15(19)14-9-16-6-7-20-14;/h4-5,8,14,16H,1-3,6-7,9H2,(H,17,19);1H. The van der Waals surface area contributed by atoms with Crippen LogP contribution in [0.3, 0.4) is 0 Å². The van der Waals surface area contributed by atoms with Crippen molar-refractivity contribution in [2.45, 2.75) is 25.4 Å². The monoisotopic (exact) mass is 310 g/mol. The van der Waals surface area contributed by atoms with Gasteiger partial charge in [-0.25, -0.2) is 0 Å². The number of aryl methyl sites for hydroxylation is 1. The van der Waals surface area contributed by atoms with Gasteiger partial charge in [0, 0.05) is 30.8 Å². The maximum atomic E-state index is 12.1. The number of nitrogens with one attached hydrogen (secondary N) is 2. The molecule has 1 fully saturated rings. The summed E-state index contributed by atoms with van der Waals surface area (Å²) >= 11 is 0. The molecule has 0 aromatic heterocycles. The summed E-state index contributed by atoms with van der Waals surface area (Å²) in [6.45, 7) is 1.84. The van der Waals surface area contributed by atoms with Gasteiger partial charge in [0.25, 0.3) is 5.91 Å². The Kier molecular flexibility index (Phi) is 5.33. The Morgan fingerprint density at radius 1 is 1.33 bits per heavy atom. The Morgan fingerprint density at radius 2 is 2.19 bits per heavy atom. The van der Waals surface area contributed by atoms with E-state index >= 15 is 0 Å². The van der Waals surface area contributed by atoms with Gasteiger partial charge in [-0.15, -0.1) is 12.4 Å². The third-order valence-electron chi connectivity index (χ3n) is 3.75. The highest BCUT2D eigenvalue weighted by molar-refractivity contribution is 6.01. The zero-order chi connectivity index (χ0) is 13.9. The molecule has 0 saturated carbocycles. The topological polar surface area (TPSA) is 67.4 Å². The van der Waals surface area contributed by atoms with Crippen molar-refractivity contribution < 1.29 is 14.3 Å². The normalized spacial score (nSPS) is 21.1. The van der Waals surface area contributed by atoms with Gasteiger partial charge in [-0.3, -0.25) is 9.59 Å². The van der Waals surface area contributed by atoms with Crippen LogP contribution in [0.4, 0.5) is 5.69 Å². The van der Waals surface area contributed by atoms with E-state index in [2.05, 4.69) is 10.6 Å². The highest BCUT2D eigenvalue weighted by Crippen LogP contribution is 2.24. The van der Waals surface area contributed by atoms with Crippen LogP contribution in [0.15, 0.2) is 18.2 Å². The highest BCUT2D eigenvalue weighted by atomic mass is 35.5. The minimum atomic E-state index is -0.463. The molecule has 1 amide bonds. The molecule has 6 heteroatoms. The number of hydrogen-bond acceptors (Lipinski definition) is 4. The quantitative estimate of drug-likeness (QED) is 0.870. The number of fused-ring (bicyclic) bond motifs is 1. The highest BCUT2D eigenvalue weighted by Gasteiger charge is 2.23. The van der Waals surface area contributed by atoms with Gasteiger partial charge in [0.15, 0.2) is 5.78 Å². The third-order valence-corrected chi connectivity index (χ3v) is 3.75. The summed E-state index contributed by atoms with van der Waals surface area (Å²) < 4.78 is 5.40. The lowest BCUT2D eigenvalue weighted by Gasteiger charge is -2.23. The number of rotatable bonds is 2. The van der Waals surface area contributed by atoms with Gasteiger partial charge in [0.05, 0.1) is 6.61 Å². The molecule has 0 radical (unpaired) electrons. The maximum Gasteiger partial charge on any atom is 0.254 e. The summed E-state index contributed by atoms with van der Waals surface area (Å²) in [6.07, 6.45) is 1.99. The summed E-state index contributed by atoms with van der Waals surface area (Å²) in [6, 6.07) is 5.57. The average molecular weight is 311 g/mol. The first-order chi connectivity index (χ1) is 9.74. The van der Waals surface area contributed by atoms with Crippen molar-refractivity contribution in [3.8, 4) is 0 Å². The minimum absolute atomic E-state index is 0. The molecule has 2 N–H and O–H groups in total. The molecule has 1 unspecified atom stereocenters. The fourth-order valence-corrected chi connectivity index (χ4v) is 2.66. The second kappa shape index (κ2) is 7.02. The van der Waals surface area contributed by atoms with Crippen LogP contribution in [0.1, 0.15) is 28.8 Å². The summed E-state index contributed by atoms with van der Waals surface area (Å²) in [7, 11) is 0. The summed E-state index contributed by atoms with van der Waals surface area (Å²) in [5.74, 6) is -0.00154. The second-order valence-electron chi connectivity index (χ2n) is 5.20. The number of anilines is 1. The van der Waals surface area contributed by atoms with Gasteiger partial charge < -0.3 is 15.4 Å². The molecule has 1 heterocycles. The van der Waals surface area contributed by atoms with Crippen LogP contribution in [0.2, 0.25) is 0 Å². The number of ether oxygens (including phenoxy) is 1. The zero-order valence-corrected chi connectivity index (χ0v) is 12.5.